The van der Waals surface area contributed by atoms with E-state index in [-0.39, 0.29) is 5.41 Å². The highest BCUT2D eigenvalue weighted by atomic mass is 32.1. The van der Waals surface area contributed by atoms with Gasteiger partial charge in [0.25, 0.3) is 0 Å². The minimum Gasteiger partial charge on any atom is -0.478 e. The van der Waals surface area contributed by atoms with Gasteiger partial charge in [0.1, 0.15) is 0 Å². The molecule has 1 aliphatic carbocycles. The number of carbonyl (C=O) groups is 1. The zero-order valence-corrected chi connectivity index (χ0v) is 16.8. The molecule has 140 valence electrons. The highest BCUT2D eigenvalue weighted by Crippen LogP contribution is 2.42. The molecule has 4 rings (SSSR count). The van der Waals surface area contributed by atoms with E-state index < -0.39 is 5.97 Å². The molecule has 28 heavy (non-hydrogen) atoms. The van der Waals surface area contributed by atoms with Crippen molar-refractivity contribution in [2.45, 2.75) is 25.7 Å². The fourth-order valence-electron chi connectivity index (χ4n) is 3.65. The van der Waals surface area contributed by atoms with Crippen molar-refractivity contribution in [2.24, 2.45) is 0 Å². The largest absolute Gasteiger partial charge is 0.478 e. The van der Waals surface area contributed by atoms with Gasteiger partial charge < -0.3 is 5.11 Å². The van der Waals surface area contributed by atoms with Crippen molar-refractivity contribution >= 4 is 35.0 Å². The van der Waals surface area contributed by atoms with Crippen LogP contribution >= 0.6 is 11.3 Å². The van der Waals surface area contributed by atoms with E-state index in [1.807, 2.05) is 18.2 Å². The molecule has 2 aromatic carbocycles. The van der Waals surface area contributed by atoms with E-state index >= 15 is 0 Å². The number of fused-ring (bicyclic) bond motifs is 1. The topological polar surface area (TPSA) is 37.3 Å². The molecule has 0 fully saturated rings. The van der Waals surface area contributed by atoms with Gasteiger partial charge in [-0.2, -0.15) is 0 Å². The van der Waals surface area contributed by atoms with Gasteiger partial charge in [0.05, 0.1) is 5.56 Å². The van der Waals surface area contributed by atoms with Gasteiger partial charge >= 0.3 is 5.97 Å². The first-order valence-corrected chi connectivity index (χ1v) is 10.2. The first kappa shape index (κ1) is 18.5. The second-order valence-electron chi connectivity index (χ2n) is 7.75. The molecule has 3 aromatic rings. The lowest BCUT2D eigenvalue weighted by Gasteiger charge is -2.32. The smallest absolute Gasteiger partial charge is 0.335 e. The van der Waals surface area contributed by atoms with Crippen molar-refractivity contribution in [3.05, 3.63) is 98.7 Å². The molecule has 0 spiro atoms. The molecule has 0 bridgehead atoms. The normalized spacial score (nSPS) is 15.3. The fraction of sp³-hybridized carbons (Fsp3) is 0.160. The van der Waals surface area contributed by atoms with E-state index in [0.717, 1.165) is 17.5 Å². The number of benzene rings is 2. The number of aromatic carboxylic acids is 1. The molecule has 1 heterocycles. The molecule has 0 aliphatic heterocycles. The van der Waals surface area contributed by atoms with Crippen LogP contribution in [0.15, 0.2) is 66.1 Å². The van der Waals surface area contributed by atoms with Gasteiger partial charge in [-0.3, -0.25) is 0 Å². The number of rotatable bonds is 4. The number of allylic oxidation sites excluding steroid dienone is 1. The van der Waals surface area contributed by atoms with Crippen LogP contribution in [0.25, 0.3) is 17.7 Å². The van der Waals surface area contributed by atoms with Crippen molar-refractivity contribution in [3.8, 4) is 0 Å². The Labute approximate surface area is 169 Å². The van der Waals surface area contributed by atoms with E-state index in [4.69, 9.17) is 5.11 Å². The Morgan fingerprint density at radius 1 is 1.04 bits per heavy atom. The minimum absolute atomic E-state index is 0.130. The summed E-state index contributed by atoms with van der Waals surface area (Å²) in [5, 5.41) is 11.1. The molecular weight excluding hydrogens is 364 g/mol. The Kier molecular flexibility index (Phi) is 4.78. The van der Waals surface area contributed by atoms with E-state index in [9.17, 15) is 4.79 Å². The number of carboxylic acids is 1. The Balaban J connectivity index is 1.68. The Bertz CT molecular complexity index is 1070. The Morgan fingerprint density at radius 2 is 1.75 bits per heavy atom. The lowest BCUT2D eigenvalue weighted by Crippen LogP contribution is -2.21. The lowest BCUT2D eigenvalue weighted by atomic mass is 9.73. The van der Waals surface area contributed by atoms with Gasteiger partial charge in [0.2, 0.25) is 0 Å². The number of hydrogen-bond donors (Lipinski definition) is 1. The van der Waals surface area contributed by atoms with Gasteiger partial charge in [-0.05, 0) is 69.3 Å². The monoisotopic (exact) mass is 386 g/mol. The Hall–Kier alpha value is -2.91. The third-order valence-corrected chi connectivity index (χ3v) is 6.20. The fourth-order valence-corrected chi connectivity index (χ4v) is 4.43. The number of thiophene rings is 1. The predicted octanol–water partition coefficient (Wildman–Crippen LogP) is 6.73. The molecular formula is C25H22O2S. The molecule has 3 heteroatoms. The van der Waals surface area contributed by atoms with Crippen molar-refractivity contribution < 1.29 is 9.90 Å². The zero-order chi connectivity index (χ0) is 19.7. The van der Waals surface area contributed by atoms with Crippen LogP contribution in [-0.2, 0) is 5.41 Å². The summed E-state index contributed by atoms with van der Waals surface area (Å²) in [6.45, 7) is 4.60. The van der Waals surface area contributed by atoms with Crippen LogP contribution in [-0.4, -0.2) is 11.1 Å². The summed E-state index contributed by atoms with van der Waals surface area (Å²) in [6, 6.07) is 17.9. The Morgan fingerprint density at radius 3 is 2.43 bits per heavy atom. The van der Waals surface area contributed by atoms with Crippen molar-refractivity contribution in [1.82, 2.24) is 0 Å². The molecule has 1 aromatic heterocycles. The average molecular weight is 387 g/mol. The lowest BCUT2D eigenvalue weighted by molar-refractivity contribution is 0.0697. The van der Waals surface area contributed by atoms with Gasteiger partial charge in [-0.15, -0.1) is 11.3 Å². The molecule has 0 amide bonds. The molecule has 0 saturated heterocycles. The second kappa shape index (κ2) is 7.25. The van der Waals surface area contributed by atoms with Crippen LogP contribution in [0.2, 0.25) is 0 Å². The summed E-state index contributed by atoms with van der Waals surface area (Å²) in [6.07, 6.45) is 7.52. The van der Waals surface area contributed by atoms with E-state index in [0.29, 0.717) is 5.56 Å². The maximum atomic E-state index is 11.0. The maximum Gasteiger partial charge on any atom is 0.335 e. The second-order valence-corrected chi connectivity index (χ2v) is 8.70. The summed E-state index contributed by atoms with van der Waals surface area (Å²) in [5.74, 6) is -0.902. The molecule has 1 aliphatic rings. The van der Waals surface area contributed by atoms with E-state index in [1.54, 1.807) is 23.5 Å². The molecule has 0 radical (unpaired) electrons. The quantitative estimate of drug-likeness (QED) is 0.505. The average Bonchev–Trinajstić information content (AvgIpc) is 3.21. The van der Waals surface area contributed by atoms with Crippen LogP contribution in [0.3, 0.4) is 0 Å². The standard InChI is InChI=1S/C25H22O2S/c1-25(2)14-13-20(23-4-3-15-28-23)21-16-18(9-12-22(21)25)6-5-17-7-10-19(11-8-17)24(26)27/h3-13,15-16H,14H2,1-2H3,(H,26,27)/b6-5+. The van der Waals surface area contributed by atoms with Crippen LogP contribution in [0.5, 0.6) is 0 Å². The molecule has 2 nitrogen and oxygen atoms in total. The molecule has 0 unspecified atom stereocenters. The third-order valence-electron chi connectivity index (χ3n) is 5.29. The third kappa shape index (κ3) is 3.58. The molecule has 1 N–H and O–H groups in total. The molecule has 0 atom stereocenters. The summed E-state index contributed by atoms with van der Waals surface area (Å²) < 4.78 is 0. The van der Waals surface area contributed by atoms with Gasteiger partial charge in [0, 0.05) is 4.88 Å². The van der Waals surface area contributed by atoms with Crippen LogP contribution in [0, 0.1) is 0 Å². The SMILES string of the molecule is CC1(C)CC=C(c2cccs2)c2cc(/C=C/c3ccc(C(=O)O)cc3)ccc21. The highest BCUT2D eigenvalue weighted by molar-refractivity contribution is 7.11. The van der Waals surface area contributed by atoms with E-state index in [1.165, 1.54) is 21.6 Å². The minimum atomic E-state index is -0.902. The van der Waals surface area contributed by atoms with Crippen LogP contribution in [0.4, 0.5) is 0 Å². The van der Waals surface area contributed by atoms with Crippen LogP contribution < -0.4 is 0 Å². The van der Waals surface area contributed by atoms with Crippen molar-refractivity contribution in [3.63, 3.8) is 0 Å². The first-order valence-electron chi connectivity index (χ1n) is 9.34. The van der Waals surface area contributed by atoms with Crippen molar-refractivity contribution in [1.29, 1.82) is 0 Å². The zero-order valence-electron chi connectivity index (χ0n) is 16.0. The summed E-state index contributed by atoms with van der Waals surface area (Å²) in [5.41, 5.74) is 6.58. The summed E-state index contributed by atoms with van der Waals surface area (Å²) >= 11 is 1.78. The summed E-state index contributed by atoms with van der Waals surface area (Å²) in [7, 11) is 0. The maximum absolute atomic E-state index is 11.0. The number of hydrogen-bond acceptors (Lipinski definition) is 2. The highest BCUT2D eigenvalue weighted by Gasteiger charge is 2.28. The van der Waals surface area contributed by atoms with Gasteiger partial charge in [0.15, 0.2) is 0 Å². The van der Waals surface area contributed by atoms with E-state index in [2.05, 4.69) is 61.7 Å². The van der Waals surface area contributed by atoms with Gasteiger partial charge in [-0.25, -0.2) is 4.79 Å². The number of carboxylic acid groups (broad SMARTS) is 1. The van der Waals surface area contributed by atoms with Gasteiger partial charge in [-0.1, -0.05) is 62.4 Å². The first-order chi connectivity index (χ1) is 13.4. The summed E-state index contributed by atoms with van der Waals surface area (Å²) in [4.78, 5) is 12.3. The van der Waals surface area contributed by atoms with Crippen LogP contribution in [0.1, 0.15) is 57.8 Å². The van der Waals surface area contributed by atoms with Crippen molar-refractivity contribution in [2.75, 3.05) is 0 Å². The predicted molar refractivity (Wildman–Crippen MR) is 118 cm³/mol. The molecule has 0 saturated carbocycles.